The number of nitrogens with one attached hydrogen (secondary N) is 1. The number of allylic oxidation sites excluding steroid dienone is 3. The minimum atomic E-state index is -0.0901. The molecule has 5 nitrogen and oxygen atoms in total. The number of piperidine rings is 1. The summed E-state index contributed by atoms with van der Waals surface area (Å²) in [6.45, 7) is 9.37. The lowest BCUT2D eigenvalue weighted by Crippen LogP contribution is -3.14. The highest BCUT2D eigenvalue weighted by molar-refractivity contribution is 5.76. The van der Waals surface area contributed by atoms with E-state index >= 15 is 0 Å². The van der Waals surface area contributed by atoms with Crippen LogP contribution in [0, 0.1) is 23.2 Å². The van der Waals surface area contributed by atoms with E-state index in [1.807, 2.05) is 6.92 Å². The first-order valence-electron chi connectivity index (χ1n) is 11.0. The molecule has 1 unspecified atom stereocenters. The average Bonchev–Trinajstić information content (AvgIpc) is 2.94. The van der Waals surface area contributed by atoms with Gasteiger partial charge in [-0.1, -0.05) is 24.6 Å². The van der Waals surface area contributed by atoms with Gasteiger partial charge in [0, 0.05) is 5.92 Å². The Kier molecular flexibility index (Phi) is 5.38. The Labute approximate surface area is 168 Å². The number of likely N-dealkylation sites (tertiary alicyclic amines) is 1. The lowest BCUT2D eigenvalue weighted by molar-refractivity contribution is -0.910. The van der Waals surface area contributed by atoms with Crippen LogP contribution in [0.25, 0.3) is 0 Å². The minimum absolute atomic E-state index is 0.0159. The highest BCUT2D eigenvalue weighted by atomic mass is 16.6. The molecule has 6 atom stereocenters. The van der Waals surface area contributed by atoms with E-state index in [0.29, 0.717) is 6.61 Å². The maximum atomic E-state index is 12.8. The molecule has 0 spiro atoms. The molecule has 2 heterocycles. The minimum Gasteiger partial charge on any atom is -0.466 e. The van der Waals surface area contributed by atoms with Crippen molar-refractivity contribution in [3.8, 4) is 0 Å². The van der Waals surface area contributed by atoms with Gasteiger partial charge in [-0.15, -0.1) is 0 Å². The summed E-state index contributed by atoms with van der Waals surface area (Å²) in [4.78, 5) is 26.3. The molecule has 0 aromatic heterocycles. The number of quaternary nitrogens is 1. The number of esters is 2. The van der Waals surface area contributed by atoms with Crippen LogP contribution >= 0.6 is 0 Å². The third-order valence-electron chi connectivity index (χ3n) is 7.44. The van der Waals surface area contributed by atoms with Gasteiger partial charge in [-0.3, -0.25) is 9.59 Å². The van der Waals surface area contributed by atoms with E-state index < -0.39 is 0 Å². The number of carbonyl (C=O) groups excluding carboxylic acids is 2. The molecule has 2 aliphatic carbocycles. The first kappa shape index (κ1) is 19.7. The van der Waals surface area contributed by atoms with Gasteiger partial charge in [-0.2, -0.15) is 0 Å². The van der Waals surface area contributed by atoms with Crippen molar-refractivity contribution in [1.82, 2.24) is 0 Å². The fraction of sp³-hybridized carbons (Fsp3) is 0.739. The second-order valence-corrected chi connectivity index (χ2v) is 9.43. The van der Waals surface area contributed by atoms with Crippen LogP contribution in [0.3, 0.4) is 0 Å². The smallest absolute Gasteiger partial charge is 0.315 e. The van der Waals surface area contributed by atoms with Gasteiger partial charge in [-0.25, -0.2) is 0 Å². The van der Waals surface area contributed by atoms with E-state index in [1.54, 1.807) is 0 Å². The van der Waals surface area contributed by atoms with Crippen LogP contribution in [-0.2, 0) is 19.1 Å². The van der Waals surface area contributed by atoms with Crippen molar-refractivity contribution in [1.29, 1.82) is 0 Å². The summed E-state index contributed by atoms with van der Waals surface area (Å²) in [7, 11) is 0. The van der Waals surface area contributed by atoms with Crippen molar-refractivity contribution in [2.24, 2.45) is 23.2 Å². The maximum absolute atomic E-state index is 12.8. The largest absolute Gasteiger partial charge is 0.466 e. The Balaban J connectivity index is 1.49. The summed E-state index contributed by atoms with van der Waals surface area (Å²) in [5.41, 5.74) is 2.95. The normalized spacial score (nSPS) is 40.0. The van der Waals surface area contributed by atoms with Crippen LogP contribution in [0.4, 0.5) is 0 Å². The van der Waals surface area contributed by atoms with E-state index in [-0.39, 0.29) is 41.2 Å². The number of carbonyl (C=O) groups is 2. The lowest BCUT2D eigenvalue weighted by Gasteiger charge is -2.43. The summed E-state index contributed by atoms with van der Waals surface area (Å²) < 4.78 is 11.1. The van der Waals surface area contributed by atoms with Crippen LogP contribution in [-0.4, -0.2) is 44.3 Å². The van der Waals surface area contributed by atoms with E-state index in [9.17, 15) is 9.59 Å². The zero-order valence-electron chi connectivity index (χ0n) is 17.5. The van der Waals surface area contributed by atoms with Crippen LogP contribution in [0.1, 0.15) is 52.9 Å². The van der Waals surface area contributed by atoms with Crippen LogP contribution in [0.15, 0.2) is 23.3 Å². The molecular formula is C23H34NO4+. The second kappa shape index (κ2) is 7.66. The molecule has 154 valence electrons. The number of ether oxygens (including phenoxy) is 2. The van der Waals surface area contributed by atoms with E-state index in [0.717, 1.165) is 51.7 Å². The molecule has 2 fully saturated rings. The SMILES string of the molecule is CCOC(=O)[C@@H]1CCC[NH+](C[C@@H]2C(=O)O[C@H]3C[C@]4(C)CCC=C(C)C4=C[C@@H]32)C1. The highest BCUT2D eigenvalue weighted by Crippen LogP contribution is 2.52. The Morgan fingerprint density at radius 3 is 3.04 bits per heavy atom. The Hall–Kier alpha value is -1.62. The molecule has 0 aromatic rings. The Morgan fingerprint density at radius 1 is 1.43 bits per heavy atom. The summed E-state index contributed by atoms with van der Waals surface area (Å²) in [5, 5.41) is 0. The molecule has 0 bridgehead atoms. The van der Waals surface area contributed by atoms with Crippen molar-refractivity contribution < 1.29 is 24.0 Å². The van der Waals surface area contributed by atoms with Gasteiger partial charge < -0.3 is 14.4 Å². The van der Waals surface area contributed by atoms with Gasteiger partial charge >= 0.3 is 11.9 Å². The molecule has 28 heavy (non-hydrogen) atoms. The number of rotatable bonds is 4. The molecule has 0 aromatic carbocycles. The number of fused-ring (bicyclic) bond motifs is 2. The maximum Gasteiger partial charge on any atom is 0.315 e. The molecule has 0 radical (unpaired) electrons. The number of hydrogen-bond donors (Lipinski definition) is 1. The van der Waals surface area contributed by atoms with Crippen LogP contribution in [0.2, 0.25) is 0 Å². The zero-order chi connectivity index (χ0) is 19.9. The quantitative estimate of drug-likeness (QED) is 0.749. The van der Waals surface area contributed by atoms with E-state index in [2.05, 4.69) is 26.0 Å². The fourth-order valence-corrected chi connectivity index (χ4v) is 5.97. The molecule has 4 aliphatic rings. The molecule has 2 saturated heterocycles. The first-order chi connectivity index (χ1) is 13.4. The van der Waals surface area contributed by atoms with Gasteiger partial charge in [0.2, 0.25) is 0 Å². The fourth-order valence-electron chi connectivity index (χ4n) is 5.97. The Morgan fingerprint density at radius 2 is 2.25 bits per heavy atom. The van der Waals surface area contributed by atoms with Crippen molar-refractivity contribution in [2.45, 2.75) is 59.0 Å². The van der Waals surface area contributed by atoms with Crippen LogP contribution in [0.5, 0.6) is 0 Å². The van der Waals surface area contributed by atoms with Gasteiger partial charge in [-0.05, 0) is 56.9 Å². The Bertz CT molecular complexity index is 711. The standard InChI is InChI=1S/C23H33NO4/c1-4-27-21(25)16-8-6-10-24(13-16)14-18-17-11-19-15(2)7-5-9-23(19,3)12-20(17)28-22(18)26/h7,11,16-18,20H,4-6,8-10,12-14H2,1-3H3/p+1/t16-,17-,18+,20+,23+/m1/s1. The molecule has 2 aliphatic heterocycles. The predicted molar refractivity (Wildman–Crippen MR) is 106 cm³/mol. The topological polar surface area (TPSA) is 57.0 Å². The molecule has 4 rings (SSSR count). The van der Waals surface area contributed by atoms with Crippen molar-refractivity contribution in [3.63, 3.8) is 0 Å². The first-order valence-corrected chi connectivity index (χ1v) is 11.0. The third-order valence-corrected chi connectivity index (χ3v) is 7.44. The lowest BCUT2D eigenvalue weighted by atomic mass is 9.62. The zero-order valence-corrected chi connectivity index (χ0v) is 17.5. The van der Waals surface area contributed by atoms with E-state index in [4.69, 9.17) is 9.47 Å². The van der Waals surface area contributed by atoms with Gasteiger partial charge in [0.25, 0.3) is 0 Å². The number of hydrogen-bond acceptors (Lipinski definition) is 4. The summed E-state index contributed by atoms with van der Waals surface area (Å²) >= 11 is 0. The molecule has 1 N–H and O–H groups in total. The summed E-state index contributed by atoms with van der Waals surface area (Å²) in [6, 6.07) is 0. The highest BCUT2D eigenvalue weighted by Gasteiger charge is 2.52. The predicted octanol–water partition coefficient (Wildman–Crippen LogP) is 2.08. The van der Waals surface area contributed by atoms with Gasteiger partial charge in [0.1, 0.15) is 17.9 Å². The van der Waals surface area contributed by atoms with Crippen molar-refractivity contribution in [3.05, 3.63) is 23.3 Å². The van der Waals surface area contributed by atoms with Gasteiger partial charge in [0.15, 0.2) is 0 Å². The van der Waals surface area contributed by atoms with Crippen molar-refractivity contribution in [2.75, 3.05) is 26.2 Å². The summed E-state index contributed by atoms with van der Waals surface area (Å²) in [6.07, 6.45) is 9.81. The molecule has 5 heteroatoms. The average molecular weight is 389 g/mol. The van der Waals surface area contributed by atoms with Crippen LogP contribution < -0.4 is 4.90 Å². The van der Waals surface area contributed by atoms with Crippen molar-refractivity contribution >= 4 is 11.9 Å². The third kappa shape index (κ3) is 3.54. The molecular weight excluding hydrogens is 354 g/mol. The molecule has 0 saturated carbocycles. The van der Waals surface area contributed by atoms with E-state index in [1.165, 1.54) is 16.0 Å². The molecule has 0 amide bonds. The van der Waals surface area contributed by atoms with Gasteiger partial charge in [0.05, 0.1) is 26.2 Å². The summed E-state index contributed by atoms with van der Waals surface area (Å²) in [5.74, 6) is -0.0692. The second-order valence-electron chi connectivity index (χ2n) is 9.43. The monoisotopic (exact) mass is 388 g/mol.